The number of hydrogen-bond donors (Lipinski definition) is 1. The second-order valence-corrected chi connectivity index (χ2v) is 7.44. The quantitative estimate of drug-likeness (QED) is 0.897. The second-order valence-electron chi connectivity index (χ2n) is 7.03. The molecule has 1 aromatic carbocycles. The Morgan fingerprint density at radius 3 is 2.33 bits per heavy atom. The van der Waals surface area contributed by atoms with Gasteiger partial charge in [0.2, 0.25) is 11.8 Å². The van der Waals surface area contributed by atoms with Crippen LogP contribution in [0.1, 0.15) is 44.1 Å². The Labute approximate surface area is 148 Å². The van der Waals surface area contributed by atoms with Crippen LogP contribution in [0.25, 0.3) is 0 Å². The number of amides is 2. The van der Waals surface area contributed by atoms with Gasteiger partial charge in [0.1, 0.15) is 0 Å². The van der Waals surface area contributed by atoms with Crippen molar-refractivity contribution in [1.82, 2.24) is 4.90 Å². The minimum absolute atomic E-state index is 0.00675. The number of nitrogens with one attached hydrogen (secondary N) is 1. The molecule has 24 heavy (non-hydrogen) atoms. The molecule has 1 aliphatic heterocycles. The molecule has 3 rings (SSSR count). The molecule has 1 aliphatic carbocycles. The van der Waals surface area contributed by atoms with Crippen molar-refractivity contribution < 1.29 is 9.59 Å². The zero-order valence-corrected chi connectivity index (χ0v) is 14.9. The van der Waals surface area contributed by atoms with Crippen LogP contribution in [0.5, 0.6) is 0 Å². The van der Waals surface area contributed by atoms with Gasteiger partial charge in [-0.25, -0.2) is 0 Å². The maximum absolute atomic E-state index is 12.4. The Kier molecular flexibility index (Phi) is 5.44. The molecule has 1 heterocycles. The topological polar surface area (TPSA) is 49.4 Å². The van der Waals surface area contributed by atoms with E-state index in [4.69, 9.17) is 11.6 Å². The number of aryl methyl sites for hydroxylation is 1. The van der Waals surface area contributed by atoms with E-state index >= 15 is 0 Å². The van der Waals surface area contributed by atoms with E-state index in [1.807, 2.05) is 24.0 Å². The van der Waals surface area contributed by atoms with Crippen molar-refractivity contribution >= 4 is 29.1 Å². The van der Waals surface area contributed by atoms with E-state index in [1.165, 1.54) is 0 Å². The van der Waals surface area contributed by atoms with Crippen LogP contribution in [0.3, 0.4) is 0 Å². The van der Waals surface area contributed by atoms with Gasteiger partial charge in [0, 0.05) is 35.6 Å². The third-order valence-corrected chi connectivity index (χ3v) is 5.71. The predicted molar refractivity (Wildman–Crippen MR) is 96.1 cm³/mol. The van der Waals surface area contributed by atoms with Crippen molar-refractivity contribution in [3.8, 4) is 0 Å². The van der Waals surface area contributed by atoms with Gasteiger partial charge in [0.25, 0.3) is 0 Å². The van der Waals surface area contributed by atoms with Gasteiger partial charge in [0.05, 0.1) is 0 Å². The predicted octanol–water partition coefficient (Wildman–Crippen LogP) is 4.02. The molecule has 0 bridgehead atoms. The molecule has 0 radical (unpaired) electrons. The second kappa shape index (κ2) is 7.56. The molecule has 1 N–H and O–H groups in total. The number of hydrogen-bond acceptors (Lipinski definition) is 2. The SMILES string of the molecule is Cc1ccc(NC(=O)C2CCC(C(=O)N3CCCC3)CC2)cc1Cl. The summed E-state index contributed by atoms with van der Waals surface area (Å²) < 4.78 is 0. The van der Waals surface area contributed by atoms with Crippen LogP contribution < -0.4 is 5.32 Å². The highest BCUT2D eigenvalue weighted by Crippen LogP contribution is 2.32. The summed E-state index contributed by atoms with van der Waals surface area (Å²) in [6.07, 6.45) is 5.47. The van der Waals surface area contributed by atoms with Gasteiger partial charge in [-0.3, -0.25) is 9.59 Å². The van der Waals surface area contributed by atoms with Crippen LogP contribution in [0, 0.1) is 18.8 Å². The number of benzene rings is 1. The van der Waals surface area contributed by atoms with Crippen LogP contribution in [-0.2, 0) is 9.59 Å². The highest BCUT2D eigenvalue weighted by Gasteiger charge is 2.32. The number of carbonyl (C=O) groups excluding carboxylic acids is 2. The number of rotatable bonds is 3. The van der Waals surface area contributed by atoms with E-state index in [0.29, 0.717) is 10.9 Å². The maximum Gasteiger partial charge on any atom is 0.227 e. The molecule has 2 aliphatic rings. The summed E-state index contributed by atoms with van der Waals surface area (Å²) in [6.45, 7) is 3.76. The van der Waals surface area contributed by atoms with E-state index < -0.39 is 0 Å². The van der Waals surface area contributed by atoms with Crippen molar-refractivity contribution in [2.45, 2.75) is 45.4 Å². The van der Waals surface area contributed by atoms with Crippen LogP contribution in [-0.4, -0.2) is 29.8 Å². The van der Waals surface area contributed by atoms with Crippen molar-refractivity contribution in [3.63, 3.8) is 0 Å². The molecular formula is C19H25ClN2O2. The third kappa shape index (κ3) is 3.92. The average molecular weight is 349 g/mol. The maximum atomic E-state index is 12.4. The van der Waals surface area contributed by atoms with Crippen LogP contribution in [0.15, 0.2) is 18.2 Å². The first kappa shape index (κ1) is 17.3. The fourth-order valence-corrected chi connectivity index (χ4v) is 3.89. The summed E-state index contributed by atoms with van der Waals surface area (Å²) >= 11 is 6.11. The van der Waals surface area contributed by atoms with Crippen LogP contribution in [0.2, 0.25) is 5.02 Å². The highest BCUT2D eigenvalue weighted by molar-refractivity contribution is 6.31. The highest BCUT2D eigenvalue weighted by atomic mass is 35.5. The van der Waals surface area contributed by atoms with Gasteiger partial charge in [-0.15, -0.1) is 0 Å². The zero-order valence-electron chi connectivity index (χ0n) is 14.2. The van der Waals surface area contributed by atoms with E-state index in [2.05, 4.69) is 5.32 Å². The lowest BCUT2D eigenvalue weighted by atomic mass is 9.81. The largest absolute Gasteiger partial charge is 0.342 e. The molecule has 0 atom stereocenters. The summed E-state index contributed by atoms with van der Waals surface area (Å²) in [5.41, 5.74) is 1.74. The number of carbonyl (C=O) groups is 2. The van der Waals surface area contributed by atoms with Gasteiger partial charge < -0.3 is 10.2 Å². The molecule has 1 aromatic rings. The zero-order chi connectivity index (χ0) is 17.1. The average Bonchev–Trinajstić information content (AvgIpc) is 3.12. The Morgan fingerprint density at radius 2 is 1.71 bits per heavy atom. The lowest BCUT2D eigenvalue weighted by Crippen LogP contribution is -2.37. The van der Waals surface area contributed by atoms with Gasteiger partial charge in [-0.05, 0) is 63.1 Å². The molecule has 130 valence electrons. The van der Waals surface area contributed by atoms with Crippen LogP contribution >= 0.6 is 11.6 Å². The molecule has 4 nitrogen and oxygen atoms in total. The van der Waals surface area contributed by atoms with E-state index in [-0.39, 0.29) is 17.7 Å². The third-order valence-electron chi connectivity index (χ3n) is 5.30. The van der Waals surface area contributed by atoms with Gasteiger partial charge in [0.15, 0.2) is 0 Å². The number of nitrogens with zero attached hydrogens (tertiary/aromatic N) is 1. The van der Waals surface area contributed by atoms with Crippen molar-refractivity contribution in [1.29, 1.82) is 0 Å². The van der Waals surface area contributed by atoms with Gasteiger partial charge >= 0.3 is 0 Å². The monoisotopic (exact) mass is 348 g/mol. The molecule has 1 saturated carbocycles. The number of halogens is 1. The number of anilines is 1. The summed E-state index contributed by atoms with van der Waals surface area (Å²) in [5, 5.41) is 3.62. The normalized spacial score (nSPS) is 24.0. The van der Waals surface area contributed by atoms with Gasteiger partial charge in [-0.1, -0.05) is 17.7 Å². The molecular weight excluding hydrogens is 324 g/mol. The first-order chi connectivity index (χ1) is 11.5. The number of likely N-dealkylation sites (tertiary alicyclic amines) is 1. The lowest BCUT2D eigenvalue weighted by molar-refractivity contribution is -0.136. The standard InChI is InChI=1S/C19H25ClN2O2/c1-13-4-9-16(12-17(13)20)21-18(23)14-5-7-15(8-6-14)19(24)22-10-2-3-11-22/h4,9,12,14-15H,2-3,5-8,10-11H2,1H3,(H,21,23). The van der Waals surface area contributed by atoms with E-state index in [0.717, 1.165) is 62.9 Å². The minimum Gasteiger partial charge on any atom is -0.342 e. The summed E-state index contributed by atoms with van der Waals surface area (Å²) in [6, 6.07) is 5.57. The first-order valence-corrected chi connectivity index (χ1v) is 9.28. The van der Waals surface area contributed by atoms with Crippen molar-refractivity contribution in [2.75, 3.05) is 18.4 Å². The summed E-state index contributed by atoms with van der Waals surface area (Å²) in [4.78, 5) is 26.9. The summed E-state index contributed by atoms with van der Waals surface area (Å²) in [7, 11) is 0. The fourth-order valence-electron chi connectivity index (χ4n) is 3.71. The Bertz CT molecular complexity index is 618. The van der Waals surface area contributed by atoms with E-state index in [9.17, 15) is 9.59 Å². The molecule has 1 saturated heterocycles. The van der Waals surface area contributed by atoms with Crippen LogP contribution in [0.4, 0.5) is 5.69 Å². The fraction of sp³-hybridized carbons (Fsp3) is 0.579. The van der Waals surface area contributed by atoms with Crippen molar-refractivity contribution in [2.24, 2.45) is 11.8 Å². The molecule has 0 aromatic heterocycles. The van der Waals surface area contributed by atoms with Gasteiger partial charge in [-0.2, -0.15) is 0 Å². The molecule has 5 heteroatoms. The molecule has 0 spiro atoms. The Morgan fingerprint density at radius 1 is 1.08 bits per heavy atom. The first-order valence-electron chi connectivity index (χ1n) is 8.90. The smallest absolute Gasteiger partial charge is 0.227 e. The molecule has 0 unspecified atom stereocenters. The summed E-state index contributed by atoms with van der Waals surface area (Å²) in [5.74, 6) is 0.451. The Hall–Kier alpha value is -1.55. The van der Waals surface area contributed by atoms with Crippen molar-refractivity contribution in [3.05, 3.63) is 28.8 Å². The molecule has 2 fully saturated rings. The Balaban J connectivity index is 1.51. The minimum atomic E-state index is -0.00675. The van der Waals surface area contributed by atoms with E-state index in [1.54, 1.807) is 6.07 Å². The lowest BCUT2D eigenvalue weighted by Gasteiger charge is -2.29. The molecule has 2 amide bonds.